The van der Waals surface area contributed by atoms with Crippen LogP contribution in [-0.2, 0) is 14.4 Å². The number of carboxylic acids is 1. The average molecular weight is 330 g/mol. The van der Waals surface area contributed by atoms with E-state index in [-0.39, 0.29) is 40.2 Å². The van der Waals surface area contributed by atoms with E-state index < -0.39 is 5.97 Å². The van der Waals surface area contributed by atoms with Crippen LogP contribution in [0.5, 0.6) is 0 Å². The molecule has 0 aromatic carbocycles. The normalized spacial score (nSPS) is 47.5. The summed E-state index contributed by atoms with van der Waals surface area (Å²) in [6, 6.07) is 0. The summed E-state index contributed by atoms with van der Waals surface area (Å²) in [5.41, 5.74) is 0.604. The predicted molar refractivity (Wildman–Crippen MR) is 88.2 cm³/mol. The van der Waals surface area contributed by atoms with Crippen molar-refractivity contribution in [1.82, 2.24) is 0 Å². The van der Waals surface area contributed by atoms with E-state index in [1.54, 1.807) is 6.08 Å². The SMILES string of the molecule is C[C@]12CC(=O)[C@H]3[C@@H](CCC4=CC(=O)CC[C@@]43C)[C@@H]1CC[C@@H]2C(=O)O. The first-order valence-corrected chi connectivity index (χ1v) is 9.27. The van der Waals surface area contributed by atoms with Crippen molar-refractivity contribution in [2.45, 2.75) is 58.8 Å². The van der Waals surface area contributed by atoms with Crippen LogP contribution in [-0.4, -0.2) is 22.6 Å². The van der Waals surface area contributed by atoms with E-state index in [1.165, 1.54) is 5.57 Å². The van der Waals surface area contributed by atoms with Crippen LogP contribution < -0.4 is 0 Å². The van der Waals surface area contributed by atoms with Gasteiger partial charge in [0.1, 0.15) is 5.78 Å². The fourth-order valence-electron chi connectivity index (χ4n) is 6.79. The van der Waals surface area contributed by atoms with E-state index >= 15 is 0 Å². The van der Waals surface area contributed by atoms with Gasteiger partial charge in [0.15, 0.2) is 5.78 Å². The Morgan fingerprint density at radius 1 is 1.17 bits per heavy atom. The molecule has 0 amide bonds. The Labute approximate surface area is 142 Å². The summed E-state index contributed by atoms with van der Waals surface area (Å²) in [4.78, 5) is 36.7. The molecule has 0 aromatic heterocycles. The van der Waals surface area contributed by atoms with Crippen LogP contribution in [0.4, 0.5) is 0 Å². The number of hydrogen-bond donors (Lipinski definition) is 1. The molecule has 130 valence electrons. The summed E-state index contributed by atoms with van der Waals surface area (Å²) >= 11 is 0. The molecule has 3 saturated carbocycles. The summed E-state index contributed by atoms with van der Waals surface area (Å²) in [5, 5.41) is 9.61. The fourth-order valence-corrected chi connectivity index (χ4v) is 6.79. The number of ketones is 2. The van der Waals surface area contributed by atoms with Crippen molar-refractivity contribution in [3.63, 3.8) is 0 Å². The van der Waals surface area contributed by atoms with Gasteiger partial charge in [-0.05, 0) is 60.8 Å². The number of allylic oxidation sites excluding steroid dienone is 1. The minimum Gasteiger partial charge on any atom is -0.481 e. The number of carbonyl (C=O) groups is 3. The number of rotatable bonds is 1. The van der Waals surface area contributed by atoms with Crippen LogP contribution in [0.25, 0.3) is 0 Å². The second kappa shape index (κ2) is 5.03. The van der Waals surface area contributed by atoms with E-state index in [0.29, 0.717) is 25.2 Å². The van der Waals surface area contributed by atoms with E-state index in [1.807, 2.05) is 6.92 Å². The van der Waals surface area contributed by atoms with Crippen LogP contribution in [0.15, 0.2) is 11.6 Å². The van der Waals surface area contributed by atoms with E-state index in [0.717, 1.165) is 25.7 Å². The van der Waals surface area contributed by atoms with Crippen LogP contribution >= 0.6 is 0 Å². The lowest BCUT2D eigenvalue weighted by Crippen LogP contribution is -2.55. The van der Waals surface area contributed by atoms with Gasteiger partial charge in [0, 0.05) is 18.8 Å². The molecule has 0 radical (unpaired) electrons. The number of hydrogen-bond acceptors (Lipinski definition) is 3. The highest BCUT2D eigenvalue weighted by atomic mass is 16.4. The molecule has 4 aliphatic rings. The third kappa shape index (κ3) is 1.94. The Bertz CT molecular complexity index is 663. The third-order valence-electron chi connectivity index (χ3n) is 7.95. The molecule has 0 unspecified atom stereocenters. The highest BCUT2D eigenvalue weighted by molar-refractivity contribution is 5.93. The lowest BCUT2D eigenvalue weighted by Gasteiger charge is -2.56. The molecule has 0 bridgehead atoms. The van der Waals surface area contributed by atoms with E-state index in [9.17, 15) is 19.5 Å². The van der Waals surface area contributed by atoms with E-state index in [2.05, 4.69) is 6.92 Å². The quantitative estimate of drug-likeness (QED) is 0.800. The van der Waals surface area contributed by atoms with Gasteiger partial charge < -0.3 is 5.11 Å². The van der Waals surface area contributed by atoms with E-state index in [4.69, 9.17) is 0 Å². The van der Waals surface area contributed by atoms with Crippen molar-refractivity contribution in [1.29, 1.82) is 0 Å². The first-order chi connectivity index (χ1) is 11.3. The Hall–Kier alpha value is -1.45. The summed E-state index contributed by atoms with van der Waals surface area (Å²) in [6.07, 6.45) is 6.95. The van der Waals surface area contributed by atoms with Crippen molar-refractivity contribution < 1.29 is 19.5 Å². The number of Topliss-reactive ketones (excluding diaryl/α,β-unsaturated/α-hetero) is 1. The van der Waals surface area contributed by atoms with Crippen LogP contribution in [0.1, 0.15) is 58.8 Å². The molecule has 3 fully saturated rings. The molecule has 24 heavy (non-hydrogen) atoms. The molecular formula is C20H26O4. The molecule has 0 heterocycles. The topological polar surface area (TPSA) is 71.4 Å². The molecule has 6 atom stereocenters. The smallest absolute Gasteiger partial charge is 0.307 e. The Kier molecular flexibility index (Phi) is 3.36. The van der Waals surface area contributed by atoms with Gasteiger partial charge in [-0.3, -0.25) is 14.4 Å². The highest BCUT2D eigenvalue weighted by Gasteiger charge is 2.63. The Balaban J connectivity index is 1.74. The molecule has 0 aromatic rings. The van der Waals surface area contributed by atoms with Crippen LogP contribution in [0.2, 0.25) is 0 Å². The fraction of sp³-hybridized carbons (Fsp3) is 0.750. The van der Waals surface area contributed by atoms with Crippen LogP contribution in [0.3, 0.4) is 0 Å². The van der Waals surface area contributed by atoms with Gasteiger partial charge in [-0.2, -0.15) is 0 Å². The van der Waals surface area contributed by atoms with Gasteiger partial charge in [-0.25, -0.2) is 0 Å². The molecule has 4 heteroatoms. The Morgan fingerprint density at radius 3 is 2.62 bits per heavy atom. The standard InChI is InChI=1S/C20H26O4/c1-19-8-7-12(21)9-11(19)3-4-13-14-5-6-15(18(23)24)20(14,2)10-16(22)17(13)19/h9,13-15,17H,3-8,10H2,1-2H3,(H,23,24)/t13-,14-,15+,17+,19-,20-/m0/s1. The molecule has 4 nitrogen and oxygen atoms in total. The maximum Gasteiger partial charge on any atom is 0.307 e. The first-order valence-electron chi connectivity index (χ1n) is 9.27. The zero-order valence-electron chi connectivity index (χ0n) is 14.5. The lowest BCUT2D eigenvalue weighted by atomic mass is 9.46. The monoisotopic (exact) mass is 330 g/mol. The Morgan fingerprint density at radius 2 is 1.92 bits per heavy atom. The third-order valence-corrected chi connectivity index (χ3v) is 7.95. The summed E-state index contributed by atoms with van der Waals surface area (Å²) in [6.45, 7) is 4.21. The summed E-state index contributed by atoms with van der Waals surface area (Å²) in [5.74, 6) is -0.0816. The predicted octanol–water partition coefficient (Wildman–Crippen LogP) is 3.40. The summed E-state index contributed by atoms with van der Waals surface area (Å²) < 4.78 is 0. The van der Waals surface area contributed by atoms with Crippen molar-refractivity contribution in [3.8, 4) is 0 Å². The van der Waals surface area contributed by atoms with Gasteiger partial charge in [0.2, 0.25) is 0 Å². The largest absolute Gasteiger partial charge is 0.481 e. The number of fused-ring (bicyclic) bond motifs is 5. The molecule has 1 N–H and O–H groups in total. The molecule has 4 rings (SSSR count). The average Bonchev–Trinajstić information content (AvgIpc) is 2.84. The van der Waals surface area contributed by atoms with Gasteiger partial charge in [-0.1, -0.05) is 19.4 Å². The van der Waals surface area contributed by atoms with Crippen LogP contribution in [0, 0.1) is 34.5 Å². The lowest BCUT2D eigenvalue weighted by molar-refractivity contribution is -0.155. The van der Waals surface area contributed by atoms with Gasteiger partial charge in [-0.15, -0.1) is 0 Å². The van der Waals surface area contributed by atoms with Gasteiger partial charge in [0.05, 0.1) is 5.92 Å². The highest BCUT2D eigenvalue weighted by Crippen LogP contribution is 2.65. The minimum atomic E-state index is -0.739. The van der Waals surface area contributed by atoms with Gasteiger partial charge in [0.25, 0.3) is 0 Å². The first kappa shape index (κ1) is 16.0. The molecule has 4 aliphatic carbocycles. The molecule has 0 aliphatic heterocycles. The molecule has 0 spiro atoms. The van der Waals surface area contributed by atoms with Crippen molar-refractivity contribution in [3.05, 3.63) is 11.6 Å². The van der Waals surface area contributed by atoms with Gasteiger partial charge >= 0.3 is 5.97 Å². The molecular weight excluding hydrogens is 304 g/mol. The zero-order valence-corrected chi connectivity index (χ0v) is 14.5. The minimum absolute atomic E-state index is 0.0174. The zero-order chi connectivity index (χ0) is 17.3. The maximum atomic E-state index is 13.2. The number of carboxylic acid groups (broad SMARTS) is 1. The number of carbonyl (C=O) groups excluding carboxylic acids is 2. The second-order valence-electron chi connectivity index (χ2n) is 8.96. The van der Waals surface area contributed by atoms with Crippen molar-refractivity contribution in [2.24, 2.45) is 34.5 Å². The van der Waals surface area contributed by atoms with Crippen molar-refractivity contribution >= 4 is 17.5 Å². The molecule has 0 saturated heterocycles. The van der Waals surface area contributed by atoms with Crippen molar-refractivity contribution in [2.75, 3.05) is 0 Å². The number of aliphatic carboxylic acids is 1. The maximum absolute atomic E-state index is 13.2. The summed E-state index contributed by atoms with van der Waals surface area (Å²) in [7, 11) is 0. The second-order valence-corrected chi connectivity index (χ2v) is 8.96.